The zero-order valence-corrected chi connectivity index (χ0v) is 13.8. The van der Waals surface area contributed by atoms with E-state index in [1.54, 1.807) is 13.8 Å². The zero-order chi connectivity index (χ0) is 17.1. The van der Waals surface area contributed by atoms with Crippen LogP contribution >= 0.6 is 0 Å². The molecule has 0 amide bonds. The maximum Gasteiger partial charge on any atom is 0.333 e. The number of hydrogen-bond acceptors (Lipinski definition) is 6. The molecule has 126 valence electrons. The third-order valence-electron chi connectivity index (χ3n) is 3.07. The molecule has 6 nitrogen and oxygen atoms in total. The van der Waals surface area contributed by atoms with E-state index in [9.17, 15) is 14.4 Å². The number of hydrogen-bond donors (Lipinski definition) is 0. The first kappa shape index (κ1) is 20.1. The summed E-state index contributed by atoms with van der Waals surface area (Å²) < 4.78 is 14.8. The van der Waals surface area contributed by atoms with Crippen molar-refractivity contribution >= 4 is 17.9 Å². The highest BCUT2D eigenvalue weighted by Gasteiger charge is 2.17. The van der Waals surface area contributed by atoms with E-state index in [0.717, 1.165) is 0 Å². The normalized spacial score (nSPS) is 11.7. The number of rotatable bonds is 10. The molecule has 0 aromatic rings. The molecule has 0 aliphatic rings. The molecule has 0 aromatic heterocycles. The maximum atomic E-state index is 11.5. The van der Waals surface area contributed by atoms with E-state index in [0.29, 0.717) is 12.0 Å². The van der Waals surface area contributed by atoms with E-state index < -0.39 is 11.9 Å². The number of esters is 3. The van der Waals surface area contributed by atoms with Crippen LogP contribution in [-0.4, -0.2) is 37.7 Å². The highest BCUT2D eigenvalue weighted by molar-refractivity contribution is 5.86. The minimum absolute atomic E-state index is 0.0287. The second-order valence-corrected chi connectivity index (χ2v) is 5.44. The fourth-order valence-electron chi connectivity index (χ4n) is 1.28. The summed E-state index contributed by atoms with van der Waals surface area (Å²) in [4.78, 5) is 34.0. The van der Waals surface area contributed by atoms with Crippen molar-refractivity contribution in [2.75, 3.05) is 19.8 Å². The summed E-state index contributed by atoms with van der Waals surface area (Å²) in [5.41, 5.74) is 0.319. The van der Waals surface area contributed by atoms with Gasteiger partial charge in [-0.25, -0.2) is 4.79 Å². The second kappa shape index (κ2) is 10.8. The van der Waals surface area contributed by atoms with Crippen LogP contribution in [-0.2, 0) is 28.6 Å². The van der Waals surface area contributed by atoms with Crippen LogP contribution in [0.2, 0.25) is 0 Å². The van der Waals surface area contributed by atoms with Crippen LogP contribution in [0.4, 0.5) is 0 Å². The van der Waals surface area contributed by atoms with Crippen LogP contribution in [0, 0.1) is 11.8 Å². The van der Waals surface area contributed by atoms with Crippen molar-refractivity contribution in [3.8, 4) is 0 Å². The van der Waals surface area contributed by atoms with E-state index in [1.807, 2.05) is 13.8 Å². The topological polar surface area (TPSA) is 78.9 Å². The second-order valence-electron chi connectivity index (χ2n) is 5.44. The Hall–Kier alpha value is -1.85. The van der Waals surface area contributed by atoms with Gasteiger partial charge in [-0.2, -0.15) is 0 Å². The van der Waals surface area contributed by atoms with Gasteiger partial charge in [0.05, 0.1) is 12.5 Å². The lowest BCUT2D eigenvalue weighted by Crippen LogP contribution is -2.22. The predicted molar refractivity (Wildman–Crippen MR) is 80.9 cm³/mol. The molecule has 0 fully saturated rings. The smallest absolute Gasteiger partial charge is 0.333 e. The van der Waals surface area contributed by atoms with Gasteiger partial charge in [0, 0.05) is 12.0 Å². The first-order valence-corrected chi connectivity index (χ1v) is 7.40. The molecule has 0 bridgehead atoms. The summed E-state index contributed by atoms with van der Waals surface area (Å²) in [6.07, 6.45) is 0.516. The van der Waals surface area contributed by atoms with Gasteiger partial charge in [0.1, 0.15) is 13.2 Å². The van der Waals surface area contributed by atoms with Crippen molar-refractivity contribution in [2.24, 2.45) is 11.8 Å². The van der Waals surface area contributed by atoms with Gasteiger partial charge < -0.3 is 14.2 Å². The first-order chi connectivity index (χ1) is 10.3. The van der Waals surface area contributed by atoms with Crippen LogP contribution in [0.15, 0.2) is 12.2 Å². The Kier molecular flexibility index (Phi) is 9.91. The molecule has 1 atom stereocenters. The zero-order valence-electron chi connectivity index (χ0n) is 13.8. The lowest BCUT2D eigenvalue weighted by atomic mass is 9.99. The summed E-state index contributed by atoms with van der Waals surface area (Å²) in [6.45, 7) is 10.9. The standard InChI is InChI=1S/C16H26O6/c1-11(2)13(5)16(19)22-10-9-20-14(17)7-6-8-21-15(18)12(3)4/h11,13H,3,6-10H2,1-2,4-5H3. The van der Waals surface area contributed by atoms with Crippen molar-refractivity contribution in [2.45, 2.75) is 40.5 Å². The van der Waals surface area contributed by atoms with Gasteiger partial charge in [0.15, 0.2) is 0 Å². The quantitative estimate of drug-likeness (QED) is 0.266. The minimum Gasteiger partial charge on any atom is -0.462 e. The Morgan fingerprint density at radius 3 is 2.09 bits per heavy atom. The monoisotopic (exact) mass is 314 g/mol. The average molecular weight is 314 g/mol. The van der Waals surface area contributed by atoms with Crippen molar-refractivity contribution in [1.82, 2.24) is 0 Å². The van der Waals surface area contributed by atoms with Crippen LogP contribution < -0.4 is 0 Å². The van der Waals surface area contributed by atoms with Gasteiger partial charge in [-0.1, -0.05) is 27.4 Å². The SMILES string of the molecule is C=C(C)C(=O)OCCCC(=O)OCCOC(=O)C(C)C(C)C. The molecule has 0 spiro atoms. The van der Waals surface area contributed by atoms with Crippen molar-refractivity contribution < 1.29 is 28.6 Å². The summed E-state index contributed by atoms with van der Waals surface area (Å²) in [5, 5.41) is 0. The lowest BCUT2D eigenvalue weighted by molar-refractivity contribution is -0.156. The maximum absolute atomic E-state index is 11.5. The molecule has 0 saturated carbocycles. The molecule has 1 unspecified atom stereocenters. The Balaban J connectivity index is 3.64. The summed E-state index contributed by atoms with van der Waals surface area (Å²) in [6, 6.07) is 0. The Morgan fingerprint density at radius 1 is 0.955 bits per heavy atom. The van der Waals surface area contributed by atoms with E-state index in [-0.39, 0.29) is 44.0 Å². The van der Waals surface area contributed by atoms with Crippen LogP contribution in [0.3, 0.4) is 0 Å². The fraction of sp³-hybridized carbons (Fsp3) is 0.688. The number of ether oxygens (including phenoxy) is 3. The highest BCUT2D eigenvalue weighted by Crippen LogP contribution is 2.11. The molecule has 22 heavy (non-hydrogen) atoms. The summed E-state index contributed by atoms with van der Waals surface area (Å²) in [7, 11) is 0. The van der Waals surface area contributed by atoms with E-state index in [4.69, 9.17) is 14.2 Å². The van der Waals surface area contributed by atoms with Crippen LogP contribution in [0.1, 0.15) is 40.5 Å². The van der Waals surface area contributed by atoms with Gasteiger partial charge in [0.25, 0.3) is 0 Å². The fourth-order valence-corrected chi connectivity index (χ4v) is 1.28. The summed E-state index contributed by atoms with van der Waals surface area (Å²) in [5.74, 6) is -1.16. The molecule has 0 aliphatic carbocycles. The third-order valence-corrected chi connectivity index (χ3v) is 3.07. The highest BCUT2D eigenvalue weighted by atomic mass is 16.6. The Labute approximate surface area is 131 Å². The van der Waals surface area contributed by atoms with Crippen molar-refractivity contribution in [3.05, 3.63) is 12.2 Å². The molecular weight excluding hydrogens is 288 g/mol. The molecule has 6 heteroatoms. The molecule has 0 radical (unpaired) electrons. The minimum atomic E-state index is -0.473. The number of carbonyl (C=O) groups is 3. The van der Waals surface area contributed by atoms with Crippen LogP contribution in [0.5, 0.6) is 0 Å². The third kappa shape index (κ3) is 9.15. The molecule has 0 saturated heterocycles. The van der Waals surface area contributed by atoms with Crippen molar-refractivity contribution in [1.29, 1.82) is 0 Å². The molecular formula is C16H26O6. The molecule has 0 aromatic carbocycles. The van der Waals surface area contributed by atoms with Gasteiger partial charge in [0.2, 0.25) is 0 Å². The molecule has 0 rings (SSSR count). The van der Waals surface area contributed by atoms with Gasteiger partial charge in [-0.05, 0) is 19.3 Å². The average Bonchev–Trinajstić information content (AvgIpc) is 2.46. The molecule has 0 N–H and O–H groups in total. The Bertz CT molecular complexity index is 399. The predicted octanol–water partition coefficient (Wildman–Crippen LogP) is 2.26. The molecule has 0 heterocycles. The van der Waals surface area contributed by atoms with E-state index in [1.165, 1.54) is 0 Å². The van der Waals surface area contributed by atoms with Gasteiger partial charge in [-0.15, -0.1) is 0 Å². The summed E-state index contributed by atoms with van der Waals surface area (Å²) >= 11 is 0. The largest absolute Gasteiger partial charge is 0.462 e. The van der Waals surface area contributed by atoms with E-state index in [2.05, 4.69) is 6.58 Å². The van der Waals surface area contributed by atoms with Crippen LogP contribution in [0.25, 0.3) is 0 Å². The lowest BCUT2D eigenvalue weighted by Gasteiger charge is -2.14. The first-order valence-electron chi connectivity index (χ1n) is 7.40. The number of carbonyl (C=O) groups excluding carboxylic acids is 3. The van der Waals surface area contributed by atoms with Gasteiger partial charge in [-0.3, -0.25) is 9.59 Å². The van der Waals surface area contributed by atoms with Gasteiger partial charge >= 0.3 is 17.9 Å². The van der Waals surface area contributed by atoms with Crippen molar-refractivity contribution in [3.63, 3.8) is 0 Å². The Morgan fingerprint density at radius 2 is 1.55 bits per heavy atom. The molecule has 0 aliphatic heterocycles. The van der Waals surface area contributed by atoms with E-state index >= 15 is 0 Å².